The molecule has 0 amide bonds. The Kier molecular flexibility index (Phi) is 34.3. The van der Waals surface area contributed by atoms with Gasteiger partial charge in [-0.2, -0.15) is 25.7 Å². The number of nitrogens with zero attached hydrogens (tertiary/aromatic N) is 10. The molecule has 2 aromatic heterocycles. The zero-order valence-electron chi connectivity index (χ0n) is 54.3. The fraction of sp³-hybridized carbons (Fsp3) is 0.380. The van der Waals surface area contributed by atoms with Gasteiger partial charge in [0.1, 0.15) is 28.5 Å². The van der Waals surface area contributed by atoms with E-state index < -0.39 is 17.9 Å². The molecule has 95 heavy (non-hydrogen) atoms. The second-order valence-electron chi connectivity index (χ2n) is 21.3. The van der Waals surface area contributed by atoms with E-state index in [0.29, 0.717) is 146 Å². The molecule has 1 saturated heterocycles. The number of allylic oxidation sites excluding steroid dienone is 2. The Morgan fingerprint density at radius 3 is 1.59 bits per heavy atom. The van der Waals surface area contributed by atoms with E-state index in [-0.39, 0.29) is 50.3 Å². The van der Waals surface area contributed by atoms with Crippen molar-refractivity contribution in [3.05, 3.63) is 195 Å². The molecule has 6 aromatic rings. The van der Waals surface area contributed by atoms with Crippen molar-refractivity contribution in [1.82, 2.24) is 0 Å². The third-order valence-electron chi connectivity index (χ3n) is 14.3. The lowest BCUT2D eigenvalue weighted by molar-refractivity contribution is -0.153. The lowest BCUT2D eigenvalue weighted by Gasteiger charge is -2.25. The van der Waals surface area contributed by atoms with E-state index in [1.54, 1.807) is 26.0 Å². The van der Waals surface area contributed by atoms with Crippen molar-refractivity contribution < 1.29 is 57.4 Å². The first-order valence-electron chi connectivity index (χ1n) is 30.6. The summed E-state index contributed by atoms with van der Waals surface area (Å²) in [7, 11) is 0. The molecule has 0 aliphatic carbocycles. The van der Waals surface area contributed by atoms with Gasteiger partial charge in [0.2, 0.25) is 16.4 Å². The molecule has 1 aliphatic rings. The van der Waals surface area contributed by atoms with E-state index in [1.165, 1.54) is 40.7 Å². The van der Waals surface area contributed by atoms with Gasteiger partial charge < -0.3 is 48.1 Å². The van der Waals surface area contributed by atoms with Gasteiger partial charge in [0, 0.05) is 43.5 Å². The molecular formula is C71H80N10O12S2. The number of azo groups is 2. The number of cyclic esters (lactones) is 2. The number of ether oxygens (including phenoxy) is 7. The van der Waals surface area contributed by atoms with Gasteiger partial charge in [0.25, 0.3) is 0 Å². The summed E-state index contributed by atoms with van der Waals surface area (Å²) in [6, 6.07) is 34.5. The van der Waals surface area contributed by atoms with Crippen molar-refractivity contribution >= 4 is 95.5 Å². The summed E-state index contributed by atoms with van der Waals surface area (Å²) in [6.07, 6.45) is 4.48. The maximum Gasteiger partial charge on any atom is 0.317 e. The van der Waals surface area contributed by atoms with Crippen LogP contribution in [0.1, 0.15) is 70.9 Å². The molecule has 22 nitrogen and oxygen atoms in total. The summed E-state index contributed by atoms with van der Waals surface area (Å²) in [5, 5.41) is 37.0. The Hall–Kier alpha value is -9.44. The highest BCUT2D eigenvalue weighted by Crippen LogP contribution is 2.48. The first kappa shape index (κ1) is 76.3. The first-order valence-corrected chi connectivity index (χ1v) is 32.2. The van der Waals surface area contributed by atoms with Crippen LogP contribution < -0.4 is 9.80 Å². The summed E-state index contributed by atoms with van der Waals surface area (Å²) >= 11 is 2.36. The van der Waals surface area contributed by atoms with E-state index in [9.17, 15) is 24.4 Å². The summed E-state index contributed by atoms with van der Waals surface area (Å²) in [6.45, 7) is 45.1. The number of anilines is 2. The van der Waals surface area contributed by atoms with Gasteiger partial charge in [-0.3, -0.25) is 19.2 Å². The molecule has 2 atom stereocenters. The van der Waals surface area contributed by atoms with Crippen LogP contribution in [-0.2, 0) is 65.4 Å². The monoisotopic (exact) mass is 1330 g/mol. The van der Waals surface area contributed by atoms with Crippen LogP contribution >= 0.6 is 22.7 Å². The minimum Gasteiger partial charge on any atom is -0.463 e. The van der Waals surface area contributed by atoms with E-state index in [4.69, 9.17) is 53.2 Å². The first-order chi connectivity index (χ1) is 46.1. The summed E-state index contributed by atoms with van der Waals surface area (Å²) < 4.78 is 37.4. The van der Waals surface area contributed by atoms with E-state index in [2.05, 4.69) is 105 Å². The Balaban J connectivity index is 0.000000320. The fourth-order valence-electron chi connectivity index (χ4n) is 9.13. The average Bonchev–Trinajstić information content (AvgIpc) is 1.80. The van der Waals surface area contributed by atoms with Crippen molar-refractivity contribution in [3.63, 3.8) is 0 Å². The predicted molar refractivity (Wildman–Crippen MR) is 367 cm³/mol. The number of hydrogen-bond donors (Lipinski definition) is 1. The summed E-state index contributed by atoms with van der Waals surface area (Å²) in [4.78, 5) is 60.1. The smallest absolute Gasteiger partial charge is 0.317 e. The molecule has 0 saturated carbocycles. The van der Waals surface area contributed by atoms with Crippen LogP contribution in [0.25, 0.3) is 14.5 Å². The van der Waals surface area contributed by atoms with Gasteiger partial charge >= 0.3 is 17.9 Å². The standard InChI is InChI=1S/C39H47N5O7S.C25H25N5O2S.C7H8O3/c1-6-10-33(31(4)45)26-37(46)51-24-23-50-22-21-49-20-19-48-18-17-47-16-15-44(28-32-11-8-7-9-12-32)34-13-14-35(29(2)25-34)42-43-39-38(41-5)30(3)36(27-40)52-39;1-18-16-21(30(12-14-32-15-13-31)17-20-8-6-5-7-9-20)10-11-22(18)28-29-25-23(26-3)19(2)24(27-4)33-25;1-2-3-5-4-6(8)10-7(5)9/h6-9,11-14,25,33H,1,10,15-24,26,28H2,2-4H3;5-11,16,31H,12-15,17H2,1-2H3;2,5H,1,3-4H2. The highest BCUT2D eigenvalue weighted by Gasteiger charge is 2.32. The molecule has 1 aliphatic heterocycles. The number of hydrogen-bond acceptors (Lipinski definition) is 21. The zero-order chi connectivity index (χ0) is 68.7. The van der Waals surface area contributed by atoms with Crippen LogP contribution in [0.5, 0.6) is 0 Å². The number of ketones is 1. The van der Waals surface area contributed by atoms with Gasteiger partial charge in [-0.05, 0) is 110 Å². The Morgan fingerprint density at radius 1 is 0.674 bits per heavy atom. The van der Waals surface area contributed by atoms with Crippen LogP contribution in [-0.4, -0.2) is 121 Å². The number of aryl methyl sites for hydroxylation is 2. The number of nitriles is 1. The lowest BCUT2D eigenvalue weighted by Crippen LogP contribution is -2.27. The minimum absolute atomic E-state index is 0.00779. The molecule has 0 bridgehead atoms. The summed E-state index contributed by atoms with van der Waals surface area (Å²) in [5.74, 6) is -1.97. The van der Waals surface area contributed by atoms with Gasteiger partial charge in [0.15, 0.2) is 0 Å². The predicted octanol–water partition coefficient (Wildman–Crippen LogP) is 15.5. The number of aliphatic hydroxyl groups is 1. The molecule has 24 heteroatoms. The van der Waals surface area contributed by atoms with Crippen molar-refractivity contribution in [1.29, 1.82) is 5.26 Å². The van der Waals surface area contributed by atoms with E-state index in [0.717, 1.165) is 29.0 Å². The normalized spacial score (nSPS) is 12.7. The number of Topliss-reactive ketones (excluding diaryl/α,β-unsaturated/α-hetero) is 1. The number of carbonyl (C=O) groups is 4. The third-order valence-corrected chi connectivity index (χ3v) is 16.5. The highest BCUT2D eigenvalue weighted by molar-refractivity contribution is 7.20. The largest absolute Gasteiger partial charge is 0.463 e. The van der Waals surface area contributed by atoms with Crippen molar-refractivity contribution in [2.75, 3.05) is 102 Å². The highest BCUT2D eigenvalue weighted by atomic mass is 32.1. The quantitative estimate of drug-likeness (QED) is 0.00951. The number of esters is 3. The fourth-order valence-corrected chi connectivity index (χ4v) is 10.9. The molecule has 7 rings (SSSR count). The summed E-state index contributed by atoms with van der Waals surface area (Å²) in [5.41, 5.74) is 9.75. The molecule has 2 unspecified atom stereocenters. The molecule has 4 aromatic carbocycles. The number of rotatable bonds is 37. The van der Waals surface area contributed by atoms with E-state index in [1.807, 2.05) is 74.5 Å². The van der Waals surface area contributed by atoms with Gasteiger partial charge in [-0.25, -0.2) is 14.5 Å². The van der Waals surface area contributed by atoms with Crippen LogP contribution in [0.4, 0.5) is 49.1 Å². The molecular weight excluding hydrogens is 1250 g/mol. The van der Waals surface area contributed by atoms with Crippen LogP contribution in [0.3, 0.4) is 0 Å². The average molecular weight is 1330 g/mol. The van der Waals surface area contributed by atoms with Crippen molar-refractivity contribution in [2.24, 2.45) is 32.3 Å². The van der Waals surface area contributed by atoms with Crippen LogP contribution in [0.15, 0.2) is 143 Å². The zero-order valence-corrected chi connectivity index (χ0v) is 56.0. The topological polar surface area (TPSA) is 246 Å². The number of benzene rings is 4. The second kappa shape index (κ2) is 42.7. The maximum absolute atomic E-state index is 11.9. The van der Waals surface area contributed by atoms with E-state index >= 15 is 0 Å². The second-order valence-corrected chi connectivity index (χ2v) is 23.2. The third kappa shape index (κ3) is 26.1. The molecule has 498 valence electrons. The molecule has 1 N–H and O–H groups in total. The lowest BCUT2D eigenvalue weighted by atomic mass is 9.97. The van der Waals surface area contributed by atoms with Crippen LogP contribution in [0, 0.1) is 70.6 Å². The molecule has 0 radical (unpaired) electrons. The van der Waals surface area contributed by atoms with Crippen molar-refractivity contribution in [2.45, 2.75) is 73.4 Å². The van der Waals surface area contributed by atoms with Gasteiger partial charge in [0.05, 0.1) is 127 Å². The Bertz CT molecular complexity index is 3720. The Morgan fingerprint density at radius 2 is 1.16 bits per heavy atom. The number of thiophene rings is 2. The van der Waals surface area contributed by atoms with Gasteiger partial charge in [-0.1, -0.05) is 79.7 Å². The van der Waals surface area contributed by atoms with Crippen LogP contribution in [0.2, 0.25) is 0 Å². The molecule has 0 spiro atoms. The number of aliphatic hydroxyl groups excluding tert-OH is 1. The molecule has 1 fully saturated rings. The van der Waals surface area contributed by atoms with Crippen molar-refractivity contribution in [3.8, 4) is 6.07 Å². The Labute approximate surface area is 564 Å². The number of carbonyl (C=O) groups excluding carboxylic acids is 4. The SMILES string of the molecule is C=CCC1CC(=O)OC1=O.[C-]#[N+]c1c(N=Nc2ccc(N(CCOCCOCCOCCOCCOC(=O)CC(CC=C)C(C)=O)Cc3ccccc3)cc2C)sc(C#N)c1C.[C-]#[N+]c1sc(N=Nc2ccc(N(CCOCCO)Cc3ccccc3)cc2C)c([N+]#[C-])c1C. The molecule has 3 heterocycles. The maximum atomic E-state index is 11.9. The van der Waals surface area contributed by atoms with Gasteiger partial charge in [-0.15, -0.1) is 35.8 Å². The minimum atomic E-state index is -0.422.